The van der Waals surface area contributed by atoms with Gasteiger partial charge in [-0.1, -0.05) is 0 Å². The summed E-state index contributed by atoms with van der Waals surface area (Å²) >= 11 is 1.87. The molecule has 7 nitrogen and oxygen atoms in total. The molecule has 3 fully saturated rings. The van der Waals surface area contributed by atoms with E-state index < -0.39 is 34.1 Å². The van der Waals surface area contributed by atoms with Crippen molar-refractivity contribution < 1.29 is 29.3 Å². The van der Waals surface area contributed by atoms with Crippen molar-refractivity contribution in [2.75, 3.05) is 6.61 Å². The van der Waals surface area contributed by atoms with Crippen LogP contribution in [0.4, 0.5) is 0 Å². The second-order valence-corrected chi connectivity index (χ2v) is 5.46. The molecular weight excluding hydrogens is 345 g/mol. The van der Waals surface area contributed by atoms with Gasteiger partial charge in [-0.05, 0) is 22.6 Å². The van der Waals surface area contributed by atoms with E-state index in [0.29, 0.717) is 0 Å². The topological polar surface area (TPSA) is 96.3 Å². The third kappa shape index (κ3) is 1.26. The van der Waals surface area contributed by atoms with Crippen LogP contribution in [-0.4, -0.2) is 55.8 Å². The Balaban J connectivity index is 2.08. The summed E-state index contributed by atoms with van der Waals surface area (Å²) in [6, 6.07) is 0. The molecule has 3 saturated heterocycles. The van der Waals surface area contributed by atoms with Gasteiger partial charge in [0.2, 0.25) is 5.91 Å². The second-order valence-electron chi connectivity index (χ2n) is 4.39. The maximum atomic E-state index is 12.1. The minimum absolute atomic E-state index is 0.102. The van der Waals surface area contributed by atoms with Crippen LogP contribution in [0.3, 0.4) is 0 Å². The SMILES string of the molecule is O=C1[C@@H]2CC(O)OC2[C@]2(C(=O)O)CO[C@@H](I)N12. The molecule has 0 aromatic heterocycles. The minimum Gasteiger partial charge on any atom is -0.479 e. The number of halogens is 1. The van der Waals surface area contributed by atoms with Crippen molar-refractivity contribution in [2.45, 2.75) is 28.6 Å². The average molecular weight is 355 g/mol. The first-order valence-electron chi connectivity index (χ1n) is 5.14. The maximum Gasteiger partial charge on any atom is 0.334 e. The van der Waals surface area contributed by atoms with Crippen LogP contribution < -0.4 is 0 Å². The first kappa shape index (κ1) is 11.6. The summed E-state index contributed by atoms with van der Waals surface area (Å²) in [6.45, 7) is -0.102. The zero-order valence-electron chi connectivity index (χ0n) is 8.58. The molecule has 3 aliphatic rings. The molecule has 3 heterocycles. The van der Waals surface area contributed by atoms with Gasteiger partial charge in [0.1, 0.15) is 6.10 Å². The summed E-state index contributed by atoms with van der Waals surface area (Å²) in [5.41, 5.74) is -1.48. The van der Waals surface area contributed by atoms with E-state index in [2.05, 4.69) is 0 Å². The van der Waals surface area contributed by atoms with E-state index in [1.54, 1.807) is 0 Å². The van der Waals surface area contributed by atoms with Crippen LogP contribution in [0.15, 0.2) is 0 Å². The van der Waals surface area contributed by atoms with Crippen molar-refractivity contribution in [3.8, 4) is 0 Å². The summed E-state index contributed by atoms with van der Waals surface area (Å²) in [7, 11) is 0. The van der Waals surface area contributed by atoms with Gasteiger partial charge in [0, 0.05) is 6.42 Å². The highest BCUT2D eigenvalue weighted by molar-refractivity contribution is 14.1. The molecule has 17 heavy (non-hydrogen) atoms. The number of amides is 1. The molecule has 0 aliphatic carbocycles. The Morgan fingerprint density at radius 1 is 1.59 bits per heavy atom. The zero-order chi connectivity index (χ0) is 12.4. The molecule has 0 aromatic carbocycles. The number of nitrogens with zero attached hydrogens (tertiary/aromatic N) is 1. The minimum atomic E-state index is -1.48. The van der Waals surface area contributed by atoms with E-state index in [4.69, 9.17) is 9.47 Å². The first-order chi connectivity index (χ1) is 7.98. The molecule has 3 aliphatic heterocycles. The van der Waals surface area contributed by atoms with Crippen molar-refractivity contribution in [3.05, 3.63) is 0 Å². The number of carboxylic acids is 1. The monoisotopic (exact) mass is 355 g/mol. The Labute approximate surface area is 110 Å². The van der Waals surface area contributed by atoms with Gasteiger partial charge in [-0.3, -0.25) is 9.69 Å². The van der Waals surface area contributed by atoms with Crippen LogP contribution in [0.25, 0.3) is 0 Å². The van der Waals surface area contributed by atoms with Crippen molar-refractivity contribution in [1.29, 1.82) is 0 Å². The van der Waals surface area contributed by atoms with Gasteiger partial charge < -0.3 is 19.7 Å². The summed E-state index contributed by atoms with van der Waals surface area (Å²) in [6.07, 6.45) is -1.75. The number of carboxylic acid groups (broad SMARTS) is 1. The number of carbonyl (C=O) groups is 2. The molecule has 3 rings (SSSR count). The second kappa shape index (κ2) is 3.53. The number of aliphatic carboxylic acids is 1. The number of aliphatic hydroxyl groups excluding tert-OH is 1. The lowest BCUT2D eigenvalue weighted by molar-refractivity contribution is -0.166. The normalized spacial score (nSPS) is 48.4. The summed E-state index contributed by atoms with van der Waals surface area (Å²) in [4.78, 5) is 24.9. The summed E-state index contributed by atoms with van der Waals surface area (Å²) in [5, 5.41) is 18.8. The molecule has 5 atom stereocenters. The molecule has 1 amide bonds. The maximum absolute atomic E-state index is 12.1. The van der Waals surface area contributed by atoms with Crippen LogP contribution in [0.5, 0.6) is 0 Å². The van der Waals surface area contributed by atoms with Crippen molar-refractivity contribution in [2.24, 2.45) is 5.92 Å². The van der Waals surface area contributed by atoms with Crippen LogP contribution in [0, 0.1) is 5.92 Å². The lowest BCUT2D eigenvalue weighted by Gasteiger charge is -2.30. The van der Waals surface area contributed by atoms with Crippen LogP contribution in [0.1, 0.15) is 6.42 Å². The Bertz CT molecular complexity index is 403. The van der Waals surface area contributed by atoms with Gasteiger partial charge in [0.15, 0.2) is 16.1 Å². The fourth-order valence-electron chi connectivity index (χ4n) is 2.84. The number of aliphatic hydroxyl groups is 1. The molecule has 2 unspecified atom stereocenters. The number of carbonyl (C=O) groups excluding carboxylic acids is 1. The Hall–Kier alpha value is -0.450. The Morgan fingerprint density at radius 2 is 2.29 bits per heavy atom. The predicted molar refractivity (Wildman–Crippen MR) is 60.0 cm³/mol. The van der Waals surface area contributed by atoms with E-state index in [-0.39, 0.29) is 18.9 Å². The molecule has 0 bridgehead atoms. The van der Waals surface area contributed by atoms with Crippen LogP contribution in [-0.2, 0) is 19.1 Å². The van der Waals surface area contributed by atoms with E-state index in [1.807, 2.05) is 22.6 Å². The number of hydrogen-bond donors (Lipinski definition) is 2. The number of alkyl halides is 1. The lowest BCUT2D eigenvalue weighted by Crippen LogP contribution is -2.57. The molecule has 94 valence electrons. The number of rotatable bonds is 1. The van der Waals surface area contributed by atoms with Gasteiger partial charge in [-0.2, -0.15) is 0 Å². The number of fused-ring (bicyclic) bond motifs is 3. The molecule has 0 saturated carbocycles. The van der Waals surface area contributed by atoms with E-state index >= 15 is 0 Å². The molecule has 8 heteroatoms. The van der Waals surface area contributed by atoms with Gasteiger partial charge in [-0.15, -0.1) is 0 Å². The third-order valence-electron chi connectivity index (χ3n) is 3.59. The van der Waals surface area contributed by atoms with Gasteiger partial charge in [0.25, 0.3) is 0 Å². The van der Waals surface area contributed by atoms with E-state index in [0.717, 1.165) is 0 Å². The smallest absolute Gasteiger partial charge is 0.334 e. The number of ether oxygens (including phenoxy) is 2. The fourth-order valence-corrected chi connectivity index (χ4v) is 3.79. The van der Waals surface area contributed by atoms with E-state index in [1.165, 1.54) is 4.90 Å². The standard InChI is InChI=1S/C9H10INO6/c10-8-11-6(13)3-1-4(12)17-5(3)9(11,2-16-8)7(14)15/h3-5,8,12H,1-2H2,(H,14,15)/t3-,4?,5?,8+,9+/m1/s1. The zero-order valence-corrected chi connectivity index (χ0v) is 10.7. The quantitative estimate of drug-likeness (QED) is 0.361. The largest absolute Gasteiger partial charge is 0.479 e. The Kier molecular flexibility index (Phi) is 2.41. The van der Waals surface area contributed by atoms with Crippen molar-refractivity contribution in [3.63, 3.8) is 0 Å². The highest BCUT2D eigenvalue weighted by atomic mass is 127. The van der Waals surface area contributed by atoms with Crippen molar-refractivity contribution >= 4 is 34.5 Å². The number of hydrogen-bond acceptors (Lipinski definition) is 5. The van der Waals surface area contributed by atoms with Crippen LogP contribution in [0.2, 0.25) is 0 Å². The third-order valence-corrected chi connectivity index (χ3v) is 4.51. The van der Waals surface area contributed by atoms with Gasteiger partial charge >= 0.3 is 5.97 Å². The molecule has 0 spiro atoms. The van der Waals surface area contributed by atoms with E-state index in [9.17, 15) is 19.8 Å². The molecule has 0 radical (unpaired) electrons. The molecular formula is C9H10INO6. The predicted octanol–water partition coefficient (Wildman–Crippen LogP) is -0.876. The highest BCUT2D eigenvalue weighted by Crippen LogP contribution is 2.49. The fraction of sp³-hybridized carbons (Fsp3) is 0.778. The van der Waals surface area contributed by atoms with Crippen molar-refractivity contribution in [1.82, 2.24) is 4.90 Å². The molecule has 0 aromatic rings. The highest BCUT2D eigenvalue weighted by Gasteiger charge is 2.71. The lowest BCUT2D eigenvalue weighted by atomic mass is 9.90. The van der Waals surface area contributed by atoms with Crippen LogP contribution >= 0.6 is 22.6 Å². The first-order valence-corrected chi connectivity index (χ1v) is 6.39. The van der Waals surface area contributed by atoms with Gasteiger partial charge in [-0.25, -0.2) is 4.79 Å². The Morgan fingerprint density at radius 3 is 2.94 bits per heavy atom. The van der Waals surface area contributed by atoms with Gasteiger partial charge in [0.05, 0.1) is 12.5 Å². The summed E-state index contributed by atoms with van der Waals surface area (Å²) in [5.74, 6) is -2.04. The average Bonchev–Trinajstić information content (AvgIpc) is 2.84. The molecule has 2 N–H and O–H groups in total. The summed E-state index contributed by atoms with van der Waals surface area (Å²) < 4.78 is 9.86.